The number of urea groups is 1. The molecule has 1 saturated heterocycles. The van der Waals surface area contributed by atoms with Gasteiger partial charge in [-0.2, -0.15) is 0 Å². The average molecular weight is 433 g/mol. The molecule has 164 valence electrons. The zero-order valence-corrected chi connectivity index (χ0v) is 17.5. The fraction of sp³-hybridized carbons (Fsp3) is 0.261. The SMILES string of the molecule is COc1ccc([C@H](CC(=O)O)NC(=O)N2CC(/C=C/c3ccc4cccnc4n3)C2)cn1. The van der Waals surface area contributed by atoms with Gasteiger partial charge in [0.25, 0.3) is 0 Å². The Morgan fingerprint density at radius 1 is 1.25 bits per heavy atom. The van der Waals surface area contributed by atoms with E-state index in [0.717, 1.165) is 11.1 Å². The minimum Gasteiger partial charge on any atom is -0.481 e. The number of fused-ring (bicyclic) bond motifs is 1. The molecule has 0 aromatic carbocycles. The summed E-state index contributed by atoms with van der Waals surface area (Å²) in [4.78, 5) is 38.4. The molecule has 0 aliphatic carbocycles. The molecule has 3 aromatic rings. The van der Waals surface area contributed by atoms with Gasteiger partial charge < -0.3 is 20.1 Å². The number of aliphatic carboxylic acids is 1. The number of aromatic nitrogens is 3. The second-order valence-electron chi connectivity index (χ2n) is 7.54. The van der Waals surface area contributed by atoms with Crippen LogP contribution in [-0.2, 0) is 4.79 Å². The topological polar surface area (TPSA) is 118 Å². The summed E-state index contributed by atoms with van der Waals surface area (Å²) in [5.41, 5.74) is 2.11. The number of carboxylic acids is 1. The van der Waals surface area contributed by atoms with E-state index in [1.165, 1.54) is 13.3 Å². The number of likely N-dealkylation sites (tertiary alicyclic amines) is 1. The molecule has 1 aliphatic rings. The van der Waals surface area contributed by atoms with E-state index in [9.17, 15) is 14.7 Å². The zero-order valence-electron chi connectivity index (χ0n) is 17.5. The zero-order chi connectivity index (χ0) is 22.5. The van der Waals surface area contributed by atoms with Gasteiger partial charge in [0.1, 0.15) is 0 Å². The lowest BCUT2D eigenvalue weighted by molar-refractivity contribution is -0.137. The summed E-state index contributed by atoms with van der Waals surface area (Å²) in [5.74, 6) is -0.376. The van der Waals surface area contributed by atoms with Crippen molar-refractivity contribution in [3.63, 3.8) is 0 Å². The molecule has 4 heterocycles. The number of amides is 2. The lowest BCUT2D eigenvalue weighted by Gasteiger charge is -2.38. The smallest absolute Gasteiger partial charge is 0.317 e. The quantitative estimate of drug-likeness (QED) is 0.588. The Bertz CT molecular complexity index is 1140. The summed E-state index contributed by atoms with van der Waals surface area (Å²) in [5, 5.41) is 13.0. The van der Waals surface area contributed by atoms with Crippen LogP contribution in [0.2, 0.25) is 0 Å². The number of hydrogen-bond acceptors (Lipinski definition) is 6. The standard InChI is InChI=1S/C23H23N5O4/c1-32-20-9-6-17(12-25-20)19(11-21(29)30)27-23(31)28-13-15(14-28)4-7-18-8-5-16-3-2-10-24-22(16)26-18/h2-10,12,15,19H,11,13-14H2,1H3,(H,27,31)(H,29,30)/b7-4+/t19-/m0/s1. The van der Waals surface area contributed by atoms with Crippen LogP contribution >= 0.6 is 0 Å². The van der Waals surface area contributed by atoms with Crippen LogP contribution in [0.25, 0.3) is 17.1 Å². The van der Waals surface area contributed by atoms with E-state index >= 15 is 0 Å². The van der Waals surface area contributed by atoms with Crippen LogP contribution in [0, 0.1) is 5.92 Å². The molecular formula is C23H23N5O4. The monoisotopic (exact) mass is 433 g/mol. The number of hydrogen-bond donors (Lipinski definition) is 2. The number of nitrogens with zero attached hydrogens (tertiary/aromatic N) is 4. The predicted molar refractivity (Wildman–Crippen MR) is 118 cm³/mol. The molecule has 0 saturated carbocycles. The van der Waals surface area contributed by atoms with Gasteiger partial charge in [-0.3, -0.25) is 4.79 Å². The lowest BCUT2D eigenvalue weighted by Crippen LogP contribution is -2.53. The van der Waals surface area contributed by atoms with Crippen molar-refractivity contribution < 1.29 is 19.4 Å². The van der Waals surface area contributed by atoms with Crippen molar-refractivity contribution in [1.82, 2.24) is 25.2 Å². The normalized spacial score (nSPS) is 14.8. The Morgan fingerprint density at radius 2 is 2.09 bits per heavy atom. The Hall–Kier alpha value is -4.01. The highest BCUT2D eigenvalue weighted by atomic mass is 16.5. The van der Waals surface area contributed by atoms with Gasteiger partial charge in [-0.1, -0.05) is 12.1 Å². The van der Waals surface area contributed by atoms with Crippen LogP contribution in [0.3, 0.4) is 0 Å². The van der Waals surface area contributed by atoms with Gasteiger partial charge in [0.2, 0.25) is 5.88 Å². The molecule has 1 aliphatic heterocycles. The fourth-order valence-electron chi connectivity index (χ4n) is 3.48. The van der Waals surface area contributed by atoms with Crippen molar-refractivity contribution in [2.75, 3.05) is 20.2 Å². The van der Waals surface area contributed by atoms with Crippen LogP contribution < -0.4 is 10.1 Å². The third-order valence-electron chi connectivity index (χ3n) is 5.27. The molecule has 2 N–H and O–H groups in total. The van der Waals surface area contributed by atoms with Crippen molar-refractivity contribution in [3.05, 3.63) is 66.1 Å². The highest BCUT2D eigenvalue weighted by Crippen LogP contribution is 2.22. The van der Waals surface area contributed by atoms with E-state index in [4.69, 9.17) is 4.74 Å². The largest absolute Gasteiger partial charge is 0.481 e. The molecule has 0 unspecified atom stereocenters. The lowest BCUT2D eigenvalue weighted by atomic mass is 9.99. The number of carboxylic acid groups (broad SMARTS) is 1. The first-order chi connectivity index (χ1) is 15.5. The molecule has 1 fully saturated rings. The van der Waals surface area contributed by atoms with Crippen LogP contribution in [-0.4, -0.2) is 57.2 Å². The fourth-order valence-corrected chi connectivity index (χ4v) is 3.48. The van der Waals surface area contributed by atoms with Crippen molar-refractivity contribution in [2.45, 2.75) is 12.5 Å². The molecule has 2 amide bonds. The van der Waals surface area contributed by atoms with Crippen LogP contribution in [0.1, 0.15) is 23.7 Å². The second-order valence-corrected chi connectivity index (χ2v) is 7.54. The molecule has 9 nitrogen and oxygen atoms in total. The van der Waals surface area contributed by atoms with E-state index in [2.05, 4.69) is 20.3 Å². The number of carbonyl (C=O) groups is 2. The van der Waals surface area contributed by atoms with E-state index in [0.29, 0.717) is 30.2 Å². The van der Waals surface area contributed by atoms with E-state index in [-0.39, 0.29) is 18.4 Å². The van der Waals surface area contributed by atoms with Gasteiger partial charge >= 0.3 is 12.0 Å². The Balaban J connectivity index is 1.33. The van der Waals surface area contributed by atoms with Gasteiger partial charge in [0.15, 0.2) is 5.65 Å². The molecule has 0 spiro atoms. The maximum Gasteiger partial charge on any atom is 0.317 e. The molecule has 9 heteroatoms. The van der Waals surface area contributed by atoms with E-state index in [1.54, 1.807) is 23.2 Å². The summed E-state index contributed by atoms with van der Waals surface area (Å²) in [6.07, 6.45) is 6.95. The Labute approximate surface area is 184 Å². The first-order valence-corrected chi connectivity index (χ1v) is 10.2. The third kappa shape index (κ3) is 5.00. The highest BCUT2D eigenvalue weighted by molar-refractivity contribution is 5.77. The van der Waals surface area contributed by atoms with Crippen LogP contribution in [0.15, 0.2) is 54.9 Å². The second kappa shape index (κ2) is 9.42. The number of pyridine rings is 3. The van der Waals surface area contributed by atoms with Crippen LogP contribution in [0.4, 0.5) is 4.79 Å². The predicted octanol–water partition coefficient (Wildman–Crippen LogP) is 2.90. The van der Waals surface area contributed by atoms with Gasteiger partial charge in [-0.25, -0.2) is 19.7 Å². The molecule has 32 heavy (non-hydrogen) atoms. The maximum atomic E-state index is 12.6. The molecule has 3 aromatic heterocycles. The molecule has 0 radical (unpaired) electrons. The molecule has 4 rings (SSSR count). The molecular weight excluding hydrogens is 410 g/mol. The highest BCUT2D eigenvalue weighted by Gasteiger charge is 2.30. The summed E-state index contributed by atoms with van der Waals surface area (Å²) in [6.45, 7) is 1.10. The number of rotatable bonds is 7. The van der Waals surface area contributed by atoms with Gasteiger partial charge in [-0.05, 0) is 35.9 Å². The van der Waals surface area contributed by atoms with Gasteiger partial charge in [-0.15, -0.1) is 0 Å². The summed E-state index contributed by atoms with van der Waals surface area (Å²) < 4.78 is 5.03. The number of nitrogens with one attached hydrogen (secondary N) is 1. The summed E-state index contributed by atoms with van der Waals surface area (Å²) >= 11 is 0. The third-order valence-corrected chi connectivity index (χ3v) is 5.27. The first-order valence-electron chi connectivity index (χ1n) is 10.2. The summed E-state index contributed by atoms with van der Waals surface area (Å²) in [7, 11) is 1.50. The van der Waals surface area contributed by atoms with Crippen molar-refractivity contribution in [1.29, 1.82) is 0 Å². The Kier molecular flexibility index (Phi) is 6.25. The minimum absolute atomic E-state index is 0.211. The molecule has 0 bridgehead atoms. The van der Waals surface area contributed by atoms with E-state index in [1.807, 2.05) is 36.4 Å². The number of methoxy groups -OCH3 is 1. The van der Waals surface area contributed by atoms with Gasteiger partial charge in [0, 0.05) is 42.9 Å². The Morgan fingerprint density at radius 3 is 2.81 bits per heavy atom. The summed E-state index contributed by atoms with van der Waals surface area (Å²) in [6, 6.07) is 10.1. The minimum atomic E-state index is -1.01. The van der Waals surface area contributed by atoms with Crippen molar-refractivity contribution >= 4 is 29.1 Å². The maximum absolute atomic E-state index is 12.6. The van der Waals surface area contributed by atoms with Gasteiger partial charge in [0.05, 0.1) is 25.3 Å². The average Bonchev–Trinajstić information content (AvgIpc) is 2.77. The van der Waals surface area contributed by atoms with Crippen molar-refractivity contribution in [3.8, 4) is 5.88 Å². The number of ether oxygens (including phenoxy) is 1. The number of carbonyl (C=O) groups excluding carboxylic acids is 1. The first kappa shape index (κ1) is 21.2. The van der Waals surface area contributed by atoms with E-state index < -0.39 is 12.0 Å². The molecule has 1 atom stereocenters. The van der Waals surface area contributed by atoms with Crippen molar-refractivity contribution in [2.24, 2.45) is 5.92 Å². The van der Waals surface area contributed by atoms with Crippen LogP contribution in [0.5, 0.6) is 5.88 Å².